The molecule has 1 aromatic rings. The van der Waals surface area contributed by atoms with Gasteiger partial charge in [-0.3, -0.25) is 4.90 Å². The predicted molar refractivity (Wildman–Crippen MR) is 85.3 cm³/mol. The number of nitrogens with zero attached hydrogens (tertiary/aromatic N) is 1. The van der Waals surface area contributed by atoms with Crippen LogP contribution >= 0.6 is 0 Å². The van der Waals surface area contributed by atoms with Crippen molar-refractivity contribution in [1.29, 1.82) is 0 Å². The van der Waals surface area contributed by atoms with Crippen LogP contribution in [0.5, 0.6) is 0 Å². The highest BCUT2D eigenvalue weighted by molar-refractivity contribution is 5.36. The van der Waals surface area contributed by atoms with E-state index in [1.54, 1.807) is 0 Å². The van der Waals surface area contributed by atoms with Crippen molar-refractivity contribution in [2.75, 3.05) is 13.6 Å². The maximum atomic E-state index is 5.38. The second-order valence-electron chi connectivity index (χ2n) is 6.03. The van der Waals surface area contributed by atoms with E-state index in [1.807, 2.05) is 0 Å². The quantitative estimate of drug-likeness (QED) is 0.856. The summed E-state index contributed by atoms with van der Waals surface area (Å²) in [6, 6.07) is 9.30. The Bertz CT molecular complexity index is 458. The fourth-order valence-corrected chi connectivity index (χ4v) is 2.95. The van der Waals surface area contributed by atoms with E-state index in [9.17, 15) is 0 Å². The molecule has 20 heavy (non-hydrogen) atoms. The van der Waals surface area contributed by atoms with Crippen LogP contribution in [0.3, 0.4) is 0 Å². The predicted octanol–water partition coefficient (Wildman–Crippen LogP) is 3.01. The first-order valence-electron chi connectivity index (χ1n) is 7.67. The summed E-state index contributed by atoms with van der Waals surface area (Å²) in [6.07, 6.45) is 5.45. The highest BCUT2D eigenvalue weighted by Gasteiger charge is 2.21. The monoisotopic (exact) mass is 270 g/mol. The molecule has 0 spiro atoms. The molecule has 2 heteroatoms. The van der Waals surface area contributed by atoms with Gasteiger partial charge in [-0.05, 0) is 56.3 Å². The lowest BCUT2D eigenvalue weighted by Gasteiger charge is -2.33. The lowest BCUT2D eigenvalue weighted by Crippen LogP contribution is -2.34. The number of hydrogen-bond donors (Lipinski definition) is 1. The van der Waals surface area contributed by atoms with Gasteiger partial charge < -0.3 is 5.73 Å². The van der Waals surface area contributed by atoms with E-state index in [0.29, 0.717) is 6.54 Å². The summed E-state index contributed by atoms with van der Waals surface area (Å²) in [4.78, 5) is 2.51. The first-order chi connectivity index (χ1) is 9.69. The first kappa shape index (κ1) is 15.1. The molecule has 0 atom stereocenters. The Balaban J connectivity index is 1.89. The van der Waals surface area contributed by atoms with Crippen LogP contribution in [-0.4, -0.2) is 24.5 Å². The molecular weight excluding hydrogens is 244 g/mol. The average molecular weight is 270 g/mol. The Labute approximate surface area is 123 Å². The molecule has 0 aromatic heterocycles. The maximum absolute atomic E-state index is 5.38. The fourth-order valence-electron chi connectivity index (χ4n) is 2.95. The van der Waals surface area contributed by atoms with E-state index in [-0.39, 0.29) is 0 Å². The van der Waals surface area contributed by atoms with Crippen LogP contribution in [0.4, 0.5) is 0 Å². The summed E-state index contributed by atoms with van der Waals surface area (Å²) in [6.45, 7) is 3.82. The van der Waals surface area contributed by atoms with Crippen molar-refractivity contribution in [2.24, 2.45) is 11.7 Å². The van der Waals surface area contributed by atoms with Crippen molar-refractivity contribution in [3.05, 3.63) is 35.4 Å². The van der Waals surface area contributed by atoms with E-state index in [1.165, 1.54) is 31.2 Å². The summed E-state index contributed by atoms with van der Waals surface area (Å²) in [5.41, 5.74) is 7.80. The van der Waals surface area contributed by atoms with Crippen molar-refractivity contribution < 1.29 is 0 Å². The normalized spacial score (nSPS) is 22.4. The summed E-state index contributed by atoms with van der Waals surface area (Å²) < 4.78 is 0. The molecule has 1 fully saturated rings. The molecule has 2 nitrogen and oxygen atoms in total. The molecule has 0 saturated heterocycles. The zero-order valence-corrected chi connectivity index (χ0v) is 12.7. The van der Waals surface area contributed by atoms with Gasteiger partial charge in [0.1, 0.15) is 0 Å². The van der Waals surface area contributed by atoms with E-state index in [2.05, 4.69) is 55.0 Å². The zero-order chi connectivity index (χ0) is 14.4. The molecule has 0 radical (unpaired) electrons. The molecule has 1 aromatic carbocycles. The molecule has 0 amide bonds. The molecule has 0 heterocycles. The van der Waals surface area contributed by atoms with Crippen LogP contribution in [0.25, 0.3) is 0 Å². The van der Waals surface area contributed by atoms with Gasteiger partial charge in [0.2, 0.25) is 0 Å². The van der Waals surface area contributed by atoms with Gasteiger partial charge in [-0.25, -0.2) is 0 Å². The Kier molecular flexibility index (Phi) is 5.64. The molecular formula is C18H26N2. The van der Waals surface area contributed by atoms with Crippen LogP contribution in [0, 0.1) is 17.8 Å². The Morgan fingerprint density at radius 1 is 1.15 bits per heavy atom. The second kappa shape index (κ2) is 7.47. The third-order valence-electron chi connectivity index (χ3n) is 4.33. The molecule has 108 valence electrons. The Hall–Kier alpha value is -1.30. The van der Waals surface area contributed by atoms with Gasteiger partial charge in [-0.1, -0.05) is 30.9 Å². The summed E-state index contributed by atoms with van der Waals surface area (Å²) in [5.74, 6) is 6.87. The Morgan fingerprint density at radius 2 is 1.80 bits per heavy atom. The molecule has 2 N–H and O–H groups in total. The van der Waals surface area contributed by atoms with Crippen molar-refractivity contribution in [2.45, 2.75) is 45.2 Å². The molecule has 2 rings (SSSR count). The van der Waals surface area contributed by atoms with Crippen LogP contribution in [0.2, 0.25) is 0 Å². The van der Waals surface area contributed by atoms with Crippen LogP contribution in [0.1, 0.15) is 43.7 Å². The first-order valence-corrected chi connectivity index (χ1v) is 7.67. The largest absolute Gasteiger partial charge is 0.320 e. The summed E-state index contributed by atoms with van der Waals surface area (Å²) in [5, 5.41) is 0. The topological polar surface area (TPSA) is 29.3 Å². The van der Waals surface area contributed by atoms with Crippen LogP contribution in [0.15, 0.2) is 24.3 Å². The van der Waals surface area contributed by atoms with E-state index in [4.69, 9.17) is 5.73 Å². The van der Waals surface area contributed by atoms with Crippen molar-refractivity contribution in [3.63, 3.8) is 0 Å². The van der Waals surface area contributed by atoms with Gasteiger partial charge >= 0.3 is 0 Å². The summed E-state index contributed by atoms with van der Waals surface area (Å²) >= 11 is 0. The Morgan fingerprint density at radius 3 is 2.40 bits per heavy atom. The zero-order valence-electron chi connectivity index (χ0n) is 12.7. The van der Waals surface area contributed by atoms with E-state index < -0.39 is 0 Å². The summed E-state index contributed by atoms with van der Waals surface area (Å²) in [7, 11) is 2.25. The third-order valence-corrected chi connectivity index (χ3v) is 4.33. The molecule has 0 unspecified atom stereocenters. The lowest BCUT2D eigenvalue weighted by atomic mass is 9.86. The number of nitrogens with two attached hydrogens (primary N) is 1. The smallest absolute Gasteiger partial charge is 0.0555 e. The standard InChI is InChI=1S/C18H26N2/c1-15-5-11-18(12-6-15)20(2)14-17-9-7-16(8-10-17)4-3-13-19/h7-10,15,18H,5-6,11-14,19H2,1-2H3. The molecule has 1 saturated carbocycles. The van der Waals surface area contributed by atoms with E-state index in [0.717, 1.165) is 24.1 Å². The minimum atomic E-state index is 0.421. The molecule has 1 aliphatic carbocycles. The van der Waals surface area contributed by atoms with Crippen molar-refractivity contribution in [1.82, 2.24) is 4.90 Å². The van der Waals surface area contributed by atoms with Gasteiger partial charge in [0, 0.05) is 18.2 Å². The van der Waals surface area contributed by atoms with Crippen LogP contribution < -0.4 is 5.73 Å². The highest BCUT2D eigenvalue weighted by Crippen LogP contribution is 2.27. The van der Waals surface area contributed by atoms with Crippen LogP contribution in [-0.2, 0) is 6.54 Å². The lowest BCUT2D eigenvalue weighted by molar-refractivity contribution is 0.164. The minimum Gasteiger partial charge on any atom is -0.320 e. The van der Waals surface area contributed by atoms with Gasteiger partial charge in [-0.15, -0.1) is 0 Å². The van der Waals surface area contributed by atoms with Gasteiger partial charge in [0.15, 0.2) is 0 Å². The SMILES string of the molecule is CC1CCC(N(C)Cc2ccc(C#CCN)cc2)CC1. The van der Waals surface area contributed by atoms with Gasteiger partial charge in [0.05, 0.1) is 6.54 Å². The van der Waals surface area contributed by atoms with E-state index >= 15 is 0 Å². The molecule has 0 aliphatic heterocycles. The van der Waals surface area contributed by atoms with Crippen molar-refractivity contribution >= 4 is 0 Å². The maximum Gasteiger partial charge on any atom is 0.0555 e. The third kappa shape index (κ3) is 4.37. The van der Waals surface area contributed by atoms with Crippen molar-refractivity contribution in [3.8, 4) is 11.8 Å². The minimum absolute atomic E-state index is 0.421. The van der Waals surface area contributed by atoms with Gasteiger partial charge in [-0.2, -0.15) is 0 Å². The van der Waals surface area contributed by atoms with Gasteiger partial charge in [0.25, 0.3) is 0 Å². The highest BCUT2D eigenvalue weighted by atomic mass is 15.1. The second-order valence-corrected chi connectivity index (χ2v) is 6.03. The molecule has 0 bridgehead atoms. The fraction of sp³-hybridized carbons (Fsp3) is 0.556. The molecule has 1 aliphatic rings. The average Bonchev–Trinajstić information content (AvgIpc) is 2.47. The number of rotatable bonds is 3. The number of hydrogen-bond acceptors (Lipinski definition) is 2. The number of benzene rings is 1.